The van der Waals surface area contributed by atoms with Crippen LogP contribution in [0, 0.1) is 24.0 Å². The molecule has 3 aromatic rings. The van der Waals surface area contributed by atoms with Crippen molar-refractivity contribution in [1.82, 2.24) is 15.2 Å². The van der Waals surface area contributed by atoms with E-state index in [9.17, 15) is 14.9 Å². The van der Waals surface area contributed by atoms with Gasteiger partial charge in [0.15, 0.2) is 10.9 Å². The summed E-state index contributed by atoms with van der Waals surface area (Å²) in [5, 5.41) is 14.4. The molecule has 30 heavy (non-hydrogen) atoms. The van der Waals surface area contributed by atoms with Crippen LogP contribution in [0.2, 0.25) is 0 Å². The molecule has 10 heteroatoms. The molecule has 1 aliphatic heterocycles. The quantitative estimate of drug-likeness (QED) is 0.474. The van der Waals surface area contributed by atoms with Crippen molar-refractivity contribution in [3.63, 3.8) is 0 Å². The number of carbonyl (C=O) groups is 1. The van der Waals surface area contributed by atoms with Gasteiger partial charge in [-0.2, -0.15) is 0 Å². The van der Waals surface area contributed by atoms with Gasteiger partial charge in [0.25, 0.3) is 5.91 Å². The number of carbonyl (C=O) groups excluding carboxylic acids is 1. The van der Waals surface area contributed by atoms with Crippen LogP contribution in [-0.4, -0.2) is 60.0 Å². The van der Waals surface area contributed by atoms with Gasteiger partial charge in [-0.3, -0.25) is 19.8 Å². The van der Waals surface area contributed by atoms with Crippen LogP contribution in [0.15, 0.2) is 28.7 Å². The molecule has 1 aromatic carbocycles. The SMILES string of the molecule is Cc1ccc2sc(N3CCN(CCNC(=O)c4ccc([N+](=O)[O-])o4)CC3)nc2c1C. The van der Waals surface area contributed by atoms with Gasteiger partial charge >= 0.3 is 5.88 Å². The first kappa shape index (κ1) is 20.3. The number of aryl methyl sites for hydroxylation is 2. The molecule has 4 rings (SSSR count). The predicted octanol–water partition coefficient (Wildman–Crippen LogP) is 2.97. The Morgan fingerprint density at radius 3 is 2.70 bits per heavy atom. The lowest BCUT2D eigenvalue weighted by Gasteiger charge is -2.34. The number of fused-ring (bicyclic) bond motifs is 1. The molecule has 1 aliphatic rings. The lowest BCUT2D eigenvalue weighted by molar-refractivity contribution is -0.402. The zero-order chi connectivity index (χ0) is 21.3. The first-order chi connectivity index (χ1) is 14.4. The van der Waals surface area contributed by atoms with Gasteiger partial charge in [-0.25, -0.2) is 4.98 Å². The van der Waals surface area contributed by atoms with Crippen LogP contribution in [0.4, 0.5) is 11.0 Å². The summed E-state index contributed by atoms with van der Waals surface area (Å²) < 4.78 is 6.13. The van der Waals surface area contributed by atoms with Gasteiger partial charge < -0.3 is 14.6 Å². The van der Waals surface area contributed by atoms with E-state index in [0.29, 0.717) is 13.1 Å². The number of nitrogens with zero attached hydrogens (tertiary/aromatic N) is 4. The van der Waals surface area contributed by atoms with Gasteiger partial charge in [0.05, 0.1) is 16.3 Å². The number of nitro groups is 1. The maximum atomic E-state index is 12.0. The van der Waals surface area contributed by atoms with Crippen LogP contribution in [0.25, 0.3) is 10.2 Å². The molecule has 0 atom stereocenters. The third kappa shape index (κ3) is 4.14. The number of nitrogens with one attached hydrogen (secondary N) is 1. The van der Waals surface area contributed by atoms with E-state index in [1.165, 1.54) is 28.0 Å². The zero-order valence-electron chi connectivity index (χ0n) is 16.9. The van der Waals surface area contributed by atoms with Crippen LogP contribution >= 0.6 is 11.3 Å². The zero-order valence-corrected chi connectivity index (χ0v) is 17.7. The Bertz CT molecular complexity index is 1080. The van der Waals surface area contributed by atoms with Gasteiger partial charge in [0.1, 0.15) is 4.92 Å². The number of aromatic nitrogens is 1. The Morgan fingerprint density at radius 1 is 1.23 bits per heavy atom. The van der Waals surface area contributed by atoms with Crippen molar-refractivity contribution < 1.29 is 14.1 Å². The number of hydrogen-bond donors (Lipinski definition) is 1. The van der Waals surface area contributed by atoms with Crippen molar-refractivity contribution >= 4 is 38.5 Å². The molecule has 1 amide bonds. The van der Waals surface area contributed by atoms with Crippen molar-refractivity contribution in [1.29, 1.82) is 0 Å². The monoisotopic (exact) mass is 429 g/mol. The summed E-state index contributed by atoms with van der Waals surface area (Å²) in [4.78, 5) is 31.5. The number of rotatable bonds is 6. The highest BCUT2D eigenvalue weighted by Gasteiger charge is 2.21. The molecule has 158 valence electrons. The first-order valence-corrected chi connectivity index (χ1v) is 10.6. The smallest absolute Gasteiger partial charge is 0.395 e. The average molecular weight is 430 g/mol. The second-order valence-electron chi connectivity index (χ2n) is 7.33. The highest BCUT2D eigenvalue weighted by Crippen LogP contribution is 2.32. The van der Waals surface area contributed by atoms with Crippen molar-refractivity contribution in [3.8, 4) is 0 Å². The summed E-state index contributed by atoms with van der Waals surface area (Å²) in [6.07, 6.45) is 0. The normalized spacial score (nSPS) is 14.9. The van der Waals surface area contributed by atoms with Gasteiger partial charge in [-0.15, -0.1) is 0 Å². The molecule has 0 aliphatic carbocycles. The number of benzene rings is 1. The van der Waals surface area contributed by atoms with E-state index < -0.39 is 16.7 Å². The minimum atomic E-state index is -0.663. The summed E-state index contributed by atoms with van der Waals surface area (Å²) in [6.45, 7) is 8.93. The molecule has 0 spiro atoms. The minimum absolute atomic E-state index is 0.0483. The minimum Gasteiger partial charge on any atom is -0.395 e. The van der Waals surface area contributed by atoms with Crippen LogP contribution in [0.5, 0.6) is 0 Å². The Kier molecular flexibility index (Phi) is 5.69. The van der Waals surface area contributed by atoms with E-state index in [1.807, 2.05) is 0 Å². The van der Waals surface area contributed by atoms with E-state index in [1.54, 1.807) is 11.3 Å². The maximum Gasteiger partial charge on any atom is 0.433 e. The van der Waals surface area contributed by atoms with E-state index in [4.69, 9.17) is 9.40 Å². The summed E-state index contributed by atoms with van der Waals surface area (Å²) in [7, 11) is 0. The molecule has 0 radical (unpaired) electrons. The molecule has 0 bridgehead atoms. The Labute approximate surface area is 177 Å². The van der Waals surface area contributed by atoms with Crippen molar-refractivity contribution in [2.75, 3.05) is 44.2 Å². The lowest BCUT2D eigenvalue weighted by Crippen LogP contribution is -2.48. The molecular weight excluding hydrogens is 406 g/mol. The van der Waals surface area contributed by atoms with Crippen LogP contribution in [-0.2, 0) is 0 Å². The summed E-state index contributed by atoms with van der Waals surface area (Å²) in [6, 6.07) is 6.78. The van der Waals surface area contributed by atoms with Crippen LogP contribution < -0.4 is 10.2 Å². The van der Waals surface area contributed by atoms with Crippen LogP contribution in [0.3, 0.4) is 0 Å². The number of hydrogen-bond acceptors (Lipinski definition) is 8. The van der Waals surface area contributed by atoms with Gasteiger partial charge in [0, 0.05) is 39.3 Å². The molecule has 1 N–H and O–H groups in total. The Balaban J connectivity index is 1.26. The van der Waals surface area contributed by atoms with E-state index in [2.05, 4.69) is 41.1 Å². The summed E-state index contributed by atoms with van der Waals surface area (Å²) in [5.74, 6) is -0.925. The standard InChI is InChI=1S/C20H23N5O4S/c1-13-3-5-16-18(14(13)2)22-20(30-16)24-11-9-23(10-12-24)8-7-21-19(26)15-4-6-17(29-15)25(27)28/h3-6H,7-12H2,1-2H3,(H,21,26). The average Bonchev–Trinajstić information content (AvgIpc) is 3.39. The molecule has 9 nitrogen and oxygen atoms in total. The maximum absolute atomic E-state index is 12.0. The molecular formula is C20H23N5O4S. The lowest BCUT2D eigenvalue weighted by atomic mass is 10.1. The number of piperazine rings is 1. The Hall–Kier alpha value is -2.98. The fourth-order valence-electron chi connectivity index (χ4n) is 3.47. The predicted molar refractivity (Wildman–Crippen MR) is 115 cm³/mol. The van der Waals surface area contributed by atoms with Crippen molar-refractivity contribution in [2.45, 2.75) is 13.8 Å². The molecule has 0 saturated carbocycles. The highest BCUT2D eigenvalue weighted by molar-refractivity contribution is 7.22. The fourth-order valence-corrected chi connectivity index (χ4v) is 4.55. The fraction of sp³-hybridized carbons (Fsp3) is 0.400. The van der Waals surface area contributed by atoms with E-state index in [0.717, 1.165) is 36.8 Å². The molecule has 3 heterocycles. The summed E-state index contributed by atoms with van der Waals surface area (Å²) >= 11 is 1.73. The van der Waals surface area contributed by atoms with Gasteiger partial charge in [0.2, 0.25) is 0 Å². The second kappa shape index (κ2) is 8.41. The highest BCUT2D eigenvalue weighted by atomic mass is 32.1. The number of thiazole rings is 1. The van der Waals surface area contributed by atoms with Gasteiger partial charge in [-0.1, -0.05) is 17.4 Å². The topological polar surface area (TPSA) is 105 Å². The number of furan rings is 1. The third-order valence-electron chi connectivity index (χ3n) is 5.43. The number of anilines is 1. The van der Waals surface area contributed by atoms with Gasteiger partial charge in [-0.05, 0) is 37.1 Å². The van der Waals surface area contributed by atoms with E-state index >= 15 is 0 Å². The molecule has 0 unspecified atom stereocenters. The third-order valence-corrected chi connectivity index (χ3v) is 6.51. The first-order valence-electron chi connectivity index (χ1n) is 9.79. The Morgan fingerprint density at radius 2 is 2.00 bits per heavy atom. The van der Waals surface area contributed by atoms with Crippen molar-refractivity contribution in [2.24, 2.45) is 0 Å². The largest absolute Gasteiger partial charge is 0.433 e. The summed E-state index contributed by atoms with van der Waals surface area (Å²) in [5.41, 5.74) is 3.60. The number of amides is 1. The molecule has 1 saturated heterocycles. The molecule has 1 fully saturated rings. The van der Waals surface area contributed by atoms with Crippen molar-refractivity contribution in [3.05, 3.63) is 51.3 Å². The van der Waals surface area contributed by atoms with E-state index in [-0.39, 0.29) is 5.76 Å². The van der Waals surface area contributed by atoms with Crippen LogP contribution in [0.1, 0.15) is 21.7 Å². The second-order valence-corrected chi connectivity index (χ2v) is 8.34. The molecule has 2 aromatic heterocycles.